The maximum absolute atomic E-state index is 15.0. The molecule has 0 bridgehead atoms. The fraction of sp³-hybridized carbons (Fsp3) is 0.519. The number of pyridine rings is 1. The number of aliphatic hydroxyl groups is 1. The molecule has 0 unspecified atom stereocenters. The number of aliphatic hydroxyl groups excluding tert-OH is 1. The molecule has 2 aliphatic rings. The summed E-state index contributed by atoms with van der Waals surface area (Å²) in [5.41, 5.74) is 2.99. The summed E-state index contributed by atoms with van der Waals surface area (Å²) in [5, 5.41) is 17.4. The van der Waals surface area contributed by atoms with Gasteiger partial charge in [0.1, 0.15) is 5.69 Å². The van der Waals surface area contributed by atoms with Gasteiger partial charge in [0.15, 0.2) is 11.2 Å². The number of benzene rings is 1. The zero-order valence-corrected chi connectivity index (χ0v) is 21.5. The van der Waals surface area contributed by atoms with Crippen LogP contribution in [-0.4, -0.2) is 64.3 Å². The predicted octanol–water partition coefficient (Wildman–Crippen LogP) is 2.93. The van der Waals surface area contributed by atoms with Gasteiger partial charge in [-0.1, -0.05) is 6.07 Å². The maximum atomic E-state index is 15.0. The fourth-order valence-corrected chi connectivity index (χ4v) is 5.17. The van der Waals surface area contributed by atoms with E-state index in [9.17, 15) is 14.3 Å². The van der Waals surface area contributed by atoms with Gasteiger partial charge >= 0.3 is 0 Å². The van der Waals surface area contributed by atoms with Crippen molar-refractivity contribution in [3.8, 4) is 11.3 Å². The summed E-state index contributed by atoms with van der Waals surface area (Å²) >= 11 is 0. The number of ether oxygens (including phenoxy) is 2. The second kappa shape index (κ2) is 10.8. The first kappa shape index (κ1) is 25.7. The second-order valence-corrected chi connectivity index (χ2v) is 10.1. The van der Waals surface area contributed by atoms with Gasteiger partial charge in [0.25, 0.3) is 0 Å². The van der Waals surface area contributed by atoms with Crippen LogP contribution in [0.5, 0.6) is 0 Å². The fourth-order valence-electron chi connectivity index (χ4n) is 5.17. The van der Waals surface area contributed by atoms with Crippen LogP contribution in [0.2, 0.25) is 0 Å². The minimum Gasteiger partial charge on any atom is -0.389 e. The van der Waals surface area contributed by atoms with E-state index in [0.29, 0.717) is 42.7 Å². The number of nitrogens with zero attached hydrogens (tertiary/aromatic N) is 3. The summed E-state index contributed by atoms with van der Waals surface area (Å²) in [5.74, 6) is -0.331. The van der Waals surface area contributed by atoms with Crippen LogP contribution in [0.4, 0.5) is 10.3 Å². The Kier molecular flexibility index (Phi) is 7.52. The molecule has 0 aliphatic carbocycles. The Balaban J connectivity index is 1.55. The van der Waals surface area contributed by atoms with Crippen LogP contribution in [0.3, 0.4) is 0 Å². The van der Waals surface area contributed by atoms with Crippen molar-refractivity contribution in [2.75, 3.05) is 31.7 Å². The average Bonchev–Trinajstić information content (AvgIpc) is 3.41. The maximum Gasteiger partial charge on any atom is 0.223 e. The van der Waals surface area contributed by atoms with Crippen LogP contribution < -0.4 is 16.1 Å². The number of nitrogens with one attached hydrogen (secondary N) is 2. The molecule has 2 fully saturated rings. The van der Waals surface area contributed by atoms with Crippen molar-refractivity contribution >= 4 is 16.9 Å². The van der Waals surface area contributed by atoms with Crippen molar-refractivity contribution < 1.29 is 19.0 Å². The molecule has 37 heavy (non-hydrogen) atoms. The molecule has 1 aromatic carbocycles. The van der Waals surface area contributed by atoms with E-state index in [2.05, 4.69) is 39.0 Å². The van der Waals surface area contributed by atoms with Crippen LogP contribution in [0.1, 0.15) is 44.0 Å². The van der Waals surface area contributed by atoms with Crippen molar-refractivity contribution in [3.63, 3.8) is 0 Å². The van der Waals surface area contributed by atoms with Gasteiger partial charge in [0.05, 0.1) is 37.1 Å². The predicted molar refractivity (Wildman–Crippen MR) is 139 cm³/mol. The number of fused-ring (bicyclic) bond motifs is 1. The van der Waals surface area contributed by atoms with Crippen LogP contribution in [-0.2, 0) is 16.0 Å². The normalized spacial score (nSPS) is 22.2. The average molecular weight is 512 g/mol. The number of halogens is 1. The topological polar surface area (TPSA) is 111 Å². The third kappa shape index (κ3) is 5.24. The number of hydrogen-bond acceptors (Lipinski definition) is 8. The Morgan fingerprint density at radius 3 is 2.73 bits per heavy atom. The molecule has 0 amide bonds. The molecule has 3 atom stereocenters. The lowest BCUT2D eigenvalue weighted by atomic mass is 10.0. The molecule has 5 rings (SSSR count). The van der Waals surface area contributed by atoms with Gasteiger partial charge in [0, 0.05) is 54.0 Å². The first-order valence-electron chi connectivity index (χ1n) is 12.9. The molecule has 9 nitrogen and oxygen atoms in total. The van der Waals surface area contributed by atoms with Gasteiger partial charge in [0.2, 0.25) is 5.95 Å². The van der Waals surface area contributed by atoms with E-state index in [-0.39, 0.29) is 41.8 Å². The molecule has 2 saturated heterocycles. The Morgan fingerprint density at radius 1 is 1.22 bits per heavy atom. The van der Waals surface area contributed by atoms with E-state index in [1.54, 1.807) is 12.1 Å². The highest BCUT2D eigenvalue weighted by Gasteiger charge is 2.25. The minimum atomic E-state index is -0.696. The third-order valence-electron chi connectivity index (χ3n) is 7.23. The molecule has 0 spiro atoms. The summed E-state index contributed by atoms with van der Waals surface area (Å²) in [7, 11) is 0. The van der Waals surface area contributed by atoms with Gasteiger partial charge in [-0.25, -0.2) is 14.4 Å². The minimum absolute atomic E-state index is 0.0306. The highest BCUT2D eigenvalue weighted by molar-refractivity contribution is 5.85. The molecule has 10 heteroatoms. The van der Waals surface area contributed by atoms with Crippen molar-refractivity contribution in [1.29, 1.82) is 0 Å². The van der Waals surface area contributed by atoms with E-state index in [0.717, 1.165) is 30.4 Å². The van der Waals surface area contributed by atoms with Crippen LogP contribution in [0.25, 0.3) is 22.2 Å². The lowest BCUT2D eigenvalue weighted by Crippen LogP contribution is -2.42. The number of aromatic nitrogens is 3. The lowest BCUT2D eigenvalue weighted by molar-refractivity contribution is -0.0136. The summed E-state index contributed by atoms with van der Waals surface area (Å²) in [6.07, 6.45) is 1.97. The second-order valence-electron chi connectivity index (χ2n) is 10.1. The third-order valence-corrected chi connectivity index (χ3v) is 7.23. The molecule has 0 saturated carbocycles. The summed E-state index contributed by atoms with van der Waals surface area (Å²) in [6.45, 7) is 8.70. The van der Waals surface area contributed by atoms with E-state index in [4.69, 9.17) is 9.47 Å². The largest absolute Gasteiger partial charge is 0.389 e. The zero-order chi connectivity index (χ0) is 26.1. The molecule has 3 aromatic rings. The van der Waals surface area contributed by atoms with Gasteiger partial charge in [-0.15, -0.1) is 0 Å². The molecule has 2 aliphatic heterocycles. The SMILES string of the molecule is Cc1c(CN[C@H]2CCOC2)n(C(C)C)c2cc(-c3nc(N[C@@H]4CCOC[C@H]4O)ncc3F)ccc2c1=O. The van der Waals surface area contributed by atoms with E-state index in [1.165, 1.54) is 0 Å². The zero-order valence-electron chi connectivity index (χ0n) is 21.5. The van der Waals surface area contributed by atoms with E-state index >= 15 is 0 Å². The van der Waals surface area contributed by atoms with Crippen molar-refractivity contribution in [1.82, 2.24) is 19.9 Å². The first-order valence-corrected chi connectivity index (χ1v) is 12.9. The molecule has 198 valence electrons. The van der Waals surface area contributed by atoms with Gasteiger partial charge in [-0.05, 0) is 45.7 Å². The summed E-state index contributed by atoms with van der Waals surface area (Å²) < 4.78 is 27.9. The monoisotopic (exact) mass is 511 g/mol. The molecule has 3 N–H and O–H groups in total. The summed E-state index contributed by atoms with van der Waals surface area (Å²) in [6, 6.07) is 5.34. The van der Waals surface area contributed by atoms with Crippen LogP contribution in [0, 0.1) is 12.7 Å². The van der Waals surface area contributed by atoms with Crippen LogP contribution in [0.15, 0.2) is 29.2 Å². The molecule has 2 aromatic heterocycles. The van der Waals surface area contributed by atoms with E-state index < -0.39 is 11.9 Å². The van der Waals surface area contributed by atoms with E-state index in [1.807, 2.05) is 13.0 Å². The quantitative estimate of drug-likeness (QED) is 0.444. The van der Waals surface area contributed by atoms with Gasteiger partial charge < -0.3 is 29.8 Å². The number of anilines is 1. The smallest absolute Gasteiger partial charge is 0.223 e. The Labute approximate surface area is 215 Å². The number of hydrogen-bond donors (Lipinski definition) is 3. The van der Waals surface area contributed by atoms with Crippen molar-refractivity contribution in [2.24, 2.45) is 0 Å². The van der Waals surface area contributed by atoms with Gasteiger partial charge in [-0.3, -0.25) is 4.79 Å². The first-order chi connectivity index (χ1) is 17.8. The van der Waals surface area contributed by atoms with Crippen molar-refractivity contribution in [3.05, 3.63) is 51.7 Å². The molecular weight excluding hydrogens is 477 g/mol. The highest BCUT2D eigenvalue weighted by atomic mass is 19.1. The van der Waals surface area contributed by atoms with Crippen molar-refractivity contribution in [2.45, 2.75) is 64.4 Å². The lowest BCUT2D eigenvalue weighted by Gasteiger charge is -2.28. The van der Waals surface area contributed by atoms with Crippen LogP contribution >= 0.6 is 0 Å². The summed E-state index contributed by atoms with van der Waals surface area (Å²) in [4.78, 5) is 21.9. The Bertz CT molecular complexity index is 1340. The Hall–Kier alpha value is -2.92. The molecular formula is C27H34FN5O4. The highest BCUT2D eigenvalue weighted by Crippen LogP contribution is 2.28. The molecule has 4 heterocycles. The standard InChI is InChI=1S/C27H34FN5O4/c1-15(2)33-22-10-17(25-20(28)11-30-27(32-25)31-21-7-9-37-14-24(21)34)4-5-19(22)26(35)16(3)23(33)12-29-18-6-8-36-13-18/h4-5,10-11,15,18,21,24,29,34H,6-9,12-14H2,1-3H3,(H,30,31,32)/t18-,21+,24+/m0/s1. The number of rotatable bonds is 7. The van der Waals surface area contributed by atoms with Gasteiger partial charge in [-0.2, -0.15) is 0 Å². The Morgan fingerprint density at radius 2 is 2.00 bits per heavy atom. The molecule has 0 radical (unpaired) electrons.